The highest BCUT2D eigenvalue weighted by Gasteiger charge is 2.18. The minimum absolute atomic E-state index is 1.09. The van der Waals surface area contributed by atoms with Crippen LogP contribution < -0.4 is 9.80 Å². The van der Waals surface area contributed by atoms with E-state index in [-0.39, 0.29) is 0 Å². The van der Waals surface area contributed by atoms with Gasteiger partial charge in [-0.2, -0.15) is 0 Å². The van der Waals surface area contributed by atoms with Gasteiger partial charge in [0.15, 0.2) is 0 Å². The molecule has 13 rings (SSSR count). The lowest BCUT2D eigenvalue weighted by Gasteiger charge is -2.26. The molecule has 12 aromatic carbocycles. The highest BCUT2D eigenvalue weighted by molar-refractivity contribution is 6.11. The van der Waals surface area contributed by atoms with Gasteiger partial charge in [-0.15, -0.1) is 0 Å². The Balaban J connectivity index is 0.873. The maximum absolute atomic E-state index is 2.42. The van der Waals surface area contributed by atoms with Gasteiger partial charge in [0.2, 0.25) is 0 Å². The quantitative estimate of drug-likeness (QED) is 0.121. The molecule has 0 saturated heterocycles. The molecular weight excluding hydrogens is 907 g/mol. The molecule has 354 valence electrons. The Labute approximate surface area is 438 Å². The van der Waals surface area contributed by atoms with Gasteiger partial charge < -0.3 is 14.4 Å². The number of aromatic nitrogens is 1. The molecular formula is C72H51N3. The van der Waals surface area contributed by atoms with Gasteiger partial charge in [0.25, 0.3) is 0 Å². The summed E-state index contributed by atoms with van der Waals surface area (Å²) in [4.78, 5) is 4.66. The predicted molar refractivity (Wildman–Crippen MR) is 317 cm³/mol. The van der Waals surface area contributed by atoms with Crippen LogP contribution in [0.2, 0.25) is 0 Å². The van der Waals surface area contributed by atoms with E-state index in [0.717, 1.165) is 62.0 Å². The summed E-state index contributed by atoms with van der Waals surface area (Å²) in [5.41, 5.74) is 21.9. The van der Waals surface area contributed by atoms with Gasteiger partial charge in [-0.1, -0.05) is 200 Å². The van der Waals surface area contributed by atoms with Gasteiger partial charge in [-0.3, -0.25) is 0 Å². The molecule has 0 saturated carbocycles. The van der Waals surface area contributed by atoms with Crippen LogP contribution in [0.15, 0.2) is 309 Å². The van der Waals surface area contributed by atoms with E-state index in [1.807, 2.05) is 0 Å². The minimum atomic E-state index is 1.09. The minimum Gasteiger partial charge on any atom is -0.311 e. The average molecular weight is 958 g/mol. The number of fused-ring (bicyclic) bond motifs is 3. The molecule has 3 nitrogen and oxygen atoms in total. The summed E-state index contributed by atoms with van der Waals surface area (Å²) in [5, 5.41) is 2.41. The fourth-order valence-corrected chi connectivity index (χ4v) is 10.6. The molecule has 0 spiro atoms. The van der Waals surface area contributed by atoms with E-state index in [9.17, 15) is 0 Å². The van der Waals surface area contributed by atoms with Crippen molar-refractivity contribution < 1.29 is 0 Å². The lowest BCUT2D eigenvalue weighted by Crippen LogP contribution is -2.09. The number of para-hydroxylation sites is 2. The molecule has 0 aliphatic carbocycles. The molecule has 13 aromatic rings. The topological polar surface area (TPSA) is 11.4 Å². The second-order valence-corrected chi connectivity index (χ2v) is 19.0. The summed E-state index contributed by atoms with van der Waals surface area (Å²) >= 11 is 0. The Morgan fingerprint density at radius 2 is 0.413 bits per heavy atom. The van der Waals surface area contributed by atoms with E-state index >= 15 is 0 Å². The molecule has 1 heterocycles. The van der Waals surface area contributed by atoms with Crippen LogP contribution in [0.25, 0.3) is 83.1 Å². The molecule has 0 radical (unpaired) electrons. The van der Waals surface area contributed by atoms with E-state index in [1.54, 1.807) is 0 Å². The molecule has 0 fully saturated rings. The maximum Gasteiger partial charge on any atom is 0.0541 e. The Morgan fingerprint density at radius 3 is 0.720 bits per heavy atom. The normalized spacial score (nSPS) is 11.2. The largest absolute Gasteiger partial charge is 0.311 e. The number of rotatable bonds is 12. The zero-order chi connectivity index (χ0) is 49.9. The predicted octanol–water partition coefficient (Wildman–Crippen LogP) is 20.1. The van der Waals surface area contributed by atoms with Crippen molar-refractivity contribution in [1.82, 2.24) is 4.57 Å². The van der Waals surface area contributed by atoms with E-state index in [4.69, 9.17) is 0 Å². The number of benzene rings is 12. The van der Waals surface area contributed by atoms with E-state index in [0.29, 0.717) is 0 Å². The first-order chi connectivity index (χ1) is 37.2. The van der Waals surface area contributed by atoms with Gasteiger partial charge in [0.05, 0.1) is 11.0 Å². The molecule has 3 heteroatoms. The van der Waals surface area contributed by atoms with Gasteiger partial charge in [-0.25, -0.2) is 0 Å². The van der Waals surface area contributed by atoms with Crippen molar-refractivity contribution in [3.8, 4) is 61.3 Å². The van der Waals surface area contributed by atoms with E-state index in [2.05, 4.69) is 324 Å². The molecule has 0 atom stereocenters. The lowest BCUT2D eigenvalue weighted by molar-refractivity contribution is 1.18. The van der Waals surface area contributed by atoms with Crippen LogP contribution in [0.1, 0.15) is 0 Å². The summed E-state index contributed by atoms with van der Waals surface area (Å²) in [7, 11) is 0. The number of anilines is 6. The molecule has 0 unspecified atom stereocenters. The van der Waals surface area contributed by atoms with E-state index in [1.165, 1.54) is 55.3 Å². The van der Waals surface area contributed by atoms with Crippen molar-refractivity contribution in [2.45, 2.75) is 0 Å². The number of hydrogen-bond donors (Lipinski definition) is 0. The summed E-state index contributed by atoms with van der Waals surface area (Å²) in [6.07, 6.45) is 0. The first-order valence-electron chi connectivity index (χ1n) is 25.6. The van der Waals surface area contributed by atoms with Crippen LogP contribution in [0.4, 0.5) is 34.1 Å². The second-order valence-electron chi connectivity index (χ2n) is 19.0. The van der Waals surface area contributed by atoms with Crippen molar-refractivity contribution in [2.75, 3.05) is 9.80 Å². The molecule has 0 bridgehead atoms. The van der Waals surface area contributed by atoms with E-state index < -0.39 is 0 Å². The molecule has 0 aliphatic rings. The van der Waals surface area contributed by atoms with Crippen LogP contribution in [0, 0.1) is 0 Å². The third-order valence-corrected chi connectivity index (χ3v) is 14.4. The van der Waals surface area contributed by atoms with Crippen LogP contribution in [0.5, 0.6) is 0 Å². The van der Waals surface area contributed by atoms with Crippen molar-refractivity contribution in [1.29, 1.82) is 0 Å². The molecule has 75 heavy (non-hydrogen) atoms. The highest BCUT2D eigenvalue weighted by atomic mass is 15.1. The first-order valence-corrected chi connectivity index (χ1v) is 25.6. The third-order valence-electron chi connectivity index (χ3n) is 14.4. The SMILES string of the molecule is c1ccc(-c2ccc(N(c3ccccc3)c3ccc(-c4ccc5c(c4)c4cc(-c6ccc(N(c7ccccc7)c7ccc(-c8ccccc8)cc7)cc6)ccc4n5-c4ccc(-c5ccccc5)cc4)cc3)cc2)cc1. The van der Waals surface area contributed by atoms with Crippen molar-refractivity contribution in [2.24, 2.45) is 0 Å². The maximum atomic E-state index is 2.42. The first kappa shape index (κ1) is 44.9. The lowest BCUT2D eigenvalue weighted by atomic mass is 9.99. The zero-order valence-corrected chi connectivity index (χ0v) is 41.3. The van der Waals surface area contributed by atoms with Crippen LogP contribution in [0.3, 0.4) is 0 Å². The monoisotopic (exact) mass is 957 g/mol. The Bertz CT molecular complexity index is 3800. The van der Waals surface area contributed by atoms with Crippen LogP contribution in [-0.4, -0.2) is 4.57 Å². The number of nitrogens with zero attached hydrogens (tertiary/aromatic N) is 3. The summed E-state index contributed by atoms with van der Waals surface area (Å²) in [6, 6.07) is 112. The molecule has 0 aliphatic heterocycles. The van der Waals surface area contributed by atoms with Crippen molar-refractivity contribution >= 4 is 55.9 Å². The Hall–Kier alpha value is -9.96. The molecule has 1 aromatic heterocycles. The van der Waals surface area contributed by atoms with Crippen LogP contribution >= 0.6 is 0 Å². The summed E-state index contributed by atoms with van der Waals surface area (Å²) in [5.74, 6) is 0. The highest BCUT2D eigenvalue weighted by Crippen LogP contribution is 2.42. The zero-order valence-electron chi connectivity index (χ0n) is 41.3. The van der Waals surface area contributed by atoms with Gasteiger partial charge >= 0.3 is 0 Å². The Morgan fingerprint density at radius 1 is 0.187 bits per heavy atom. The summed E-state index contributed by atoms with van der Waals surface area (Å²) < 4.78 is 2.42. The standard InChI is InChI=1S/C72H51N3/c1-6-16-52(17-7-1)55-26-38-64(39-27-55)73(62-22-12-4-13-23-62)66-42-32-58(33-43-66)60-36-48-71-69(50-60)70-51-61(37-49-72(70)75(71)68-46-30-57(31-47-68)54-20-10-3-11-21-54)59-34-44-67(45-35-59)74(63-24-14-5-15-25-63)65-40-28-56(29-41-65)53-18-8-2-9-19-53/h1-51H. The van der Waals surface area contributed by atoms with Gasteiger partial charge in [0.1, 0.15) is 0 Å². The van der Waals surface area contributed by atoms with Crippen molar-refractivity contribution in [3.63, 3.8) is 0 Å². The third kappa shape index (κ3) is 8.94. The summed E-state index contributed by atoms with van der Waals surface area (Å²) in [6.45, 7) is 0. The van der Waals surface area contributed by atoms with Crippen molar-refractivity contribution in [3.05, 3.63) is 309 Å². The average Bonchev–Trinajstić information content (AvgIpc) is 3.83. The van der Waals surface area contributed by atoms with Gasteiger partial charge in [0, 0.05) is 50.6 Å². The number of hydrogen-bond acceptors (Lipinski definition) is 2. The molecule has 0 N–H and O–H groups in total. The second kappa shape index (κ2) is 19.9. The fraction of sp³-hybridized carbons (Fsp3) is 0. The van der Waals surface area contributed by atoms with Crippen LogP contribution in [-0.2, 0) is 0 Å². The smallest absolute Gasteiger partial charge is 0.0541 e. The fourth-order valence-electron chi connectivity index (χ4n) is 10.6. The Kier molecular flexibility index (Phi) is 11.9. The molecule has 0 amide bonds. The van der Waals surface area contributed by atoms with Gasteiger partial charge in [-0.05, 0) is 165 Å².